The highest BCUT2D eigenvalue weighted by molar-refractivity contribution is 5.95. The van der Waals surface area contributed by atoms with Gasteiger partial charge in [-0.2, -0.15) is 0 Å². The first-order chi connectivity index (χ1) is 22.1. The number of carboxylic acid groups (broad SMARTS) is 1. The largest absolute Gasteiger partial charge is 0.480 e. The molecule has 0 radical (unpaired) electrons. The van der Waals surface area contributed by atoms with Gasteiger partial charge in [-0.1, -0.05) is 55.0 Å². The maximum absolute atomic E-state index is 13.8. The lowest BCUT2D eigenvalue weighted by atomic mass is 10.0. The normalized spacial score (nSPS) is 13.6. The smallest absolute Gasteiger partial charge is 0.326 e. The third-order valence-electron chi connectivity index (χ3n) is 7.51. The van der Waals surface area contributed by atoms with Crippen molar-refractivity contribution >= 4 is 40.6 Å². The molecule has 0 aliphatic carbocycles. The summed E-state index contributed by atoms with van der Waals surface area (Å²) in [5, 5.41) is 18.7. The summed E-state index contributed by atoms with van der Waals surface area (Å²) in [6.45, 7) is 0.666. The van der Waals surface area contributed by atoms with Gasteiger partial charge in [-0.05, 0) is 49.4 Å². The van der Waals surface area contributed by atoms with Gasteiger partial charge in [-0.3, -0.25) is 19.4 Å². The van der Waals surface area contributed by atoms with Crippen molar-refractivity contribution in [2.75, 3.05) is 13.1 Å². The molecule has 1 aromatic heterocycles. The fraction of sp³-hybridized carbons (Fsp3) is 0.406. The minimum atomic E-state index is -1.25. The molecule has 3 rings (SSSR count). The maximum Gasteiger partial charge on any atom is 0.326 e. The number of aromatic amines is 1. The predicted molar refractivity (Wildman–Crippen MR) is 176 cm³/mol. The van der Waals surface area contributed by atoms with Crippen LogP contribution in [0.5, 0.6) is 0 Å². The number of hydrogen-bond donors (Lipinski definition) is 9. The Bertz CT molecular complexity index is 1470. The highest BCUT2D eigenvalue weighted by Gasteiger charge is 2.31. The molecule has 3 aromatic rings. The van der Waals surface area contributed by atoms with E-state index < -0.39 is 47.9 Å². The van der Waals surface area contributed by atoms with E-state index in [2.05, 4.69) is 25.9 Å². The van der Waals surface area contributed by atoms with Crippen molar-refractivity contribution in [2.24, 2.45) is 27.9 Å². The Hall–Kier alpha value is -4.95. The van der Waals surface area contributed by atoms with Crippen LogP contribution in [-0.4, -0.2) is 77.0 Å². The quantitative estimate of drug-likeness (QED) is 0.0487. The number of rotatable bonds is 19. The summed E-state index contributed by atoms with van der Waals surface area (Å²) in [7, 11) is 0. The van der Waals surface area contributed by atoms with Gasteiger partial charge < -0.3 is 49.0 Å². The maximum atomic E-state index is 13.8. The zero-order valence-electron chi connectivity index (χ0n) is 25.8. The Labute approximate surface area is 267 Å². The molecule has 0 saturated carbocycles. The van der Waals surface area contributed by atoms with E-state index in [-0.39, 0.29) is 31.8 Å². The van der Waals surface area contributed by atoms with E-state index in [9.17, 15) is 24.3 Å². The van der Waals surface area contributed by atoms with Crippen molar-refractivity contribution in [3.8, 4) is 0 Å². The number of hydrogen-bond acceptors (Lipinski definition) is 7. The number of para-hydroxylation sites is 1. The number of benzene rings is 2. The van der Waals surface area contributed by atoms with Gasteiger partial charge in [0.05, 0.1) is 6.04 Å². The Morgan fingerprint density at radius 2 is 1.41 bits per heavy atom. The first kappa shape index (κ1) is 35.5. The van der Waals surface area contributed by atoms with Gasteiger partial charge in [-0.25, -0.2) is 4.79 Å². The SMILES string of the molecule is NCCCCC(N)C(=O)NC(Cc1ccccc1)C(=O)NC(Cc1c[nH]c2ccccc12)C(=O)NC(CCCN=C(N)N)C(=O)O. The second-order valence-corrected chi connectivity index (χ2v) is 11.1. The number of nitrogens with two attached hydrogens (primary N) is 4. The van der Waals surface area contributed by atoms with Crippen LogP contribution in [0.25, 0.3) is 10.9 Å². The number of nitrogens with one attached hydrogen (secondary N) is 4. The minimum absolute atomic E-state index is 0.0481. The Kier molecular flexibility index (Phi) is 14.0. The highest BCUT2D eigenvalue weighted by atomic mass is 16.4. The van der Waals surface area contributed by atoms with Crippen molar-refractivity contribution in [1.29, 1.82) is 0 Å². The molecule has 248 valence electrons. The molecule has 4 unspecified atom stereocenters. The molecule has 3 amide bonds. The summed E-state index contributed by atoms with van der Waals surface area (Å²) >= 11 is 0. The van der Waals surface area contributed by atoms with Gasteiger partial charge in [-0.15, -0.1) is 0 Å². The number of fused-ring (bicyclic) bond motifs is 1. The number of carbonyl (C=O) groups excluding carboxylic acids is 3. The standard InChI is InChI=1S/C32H45N9O5/c33-15-7-6-12-23(34)28(42)40-26(17-20-9-2-1-3-10-20)29(43)41-27(18-21-19-38-24-13-5-4-11-22(21)24)30(44)39-25(31(45)46)14-8-16-37-32(35)36/h1-5,9-11,13,19,23,25-27,38H,6-8,12,14-18,33-34H2,(H,39,44)(H,40,42)(H,41,43)(H,45,46)(H4,35,36,37). The van der Waals surface area contributed by atoms with Crippen LogP contribution in [0.1, 0.15) is 43.2 Å². The predicted octanol–water partition coefficient (Wildman–Crippen LogP) is 0.00200. The average Bonchev–Trinajstić information content (AvgIpc) is 3.44. The van der Waals surface area contributed by atoms with Crippen LogP contribution in [0.4, 0.5) is 0 Å². The van der Waals surface area contributed by atoms with Gasteiger partial charge in [0.2, 0.25) is 17.7 Å². The fourth-order valence-electron chi connectivity index (χ4n) is 5.01. The van der Waals surface area contributed by atoms with E-state index >= 15 is 0 Å². The first-order valence-electron chi connectivity index (χ1n) is 15.3. The Morgan fingerprint density at radius 1 is 0.783 bits per heavy atom. The summed E-state index contributed by atoms with van der Waals surface area (Å²) in [5.74, 6) is -3.18. The number of amides is 3. The Morgan fingerprint density at radius 3 is 2.09 bits per heavy atom. The number of carboxylic acids is 1. The van der Waals surface area contributed by atoms with Crippen molar-refractivity contribution in [1.82, 2.24) is 20.9 Å². The van der Waals surface area contributed by atoms with Crippen molar-refractivity contribution in [3.05, 3.63) is 71.9 Å². The van der Waals surface area contributed by atoms with E-state index in [0.29, 0.717) is 32.2 Å². The molecule has 0 bridgehead atoms. The molecule has 1 heterocycles. The number of guanidine groups is 1. The van der Waals surface area contributed by atoms with E-state index in [1.807, 2.05) is 54.6 Å². The zero-order valence-corrected chi connectivity index (χ0v) is 25.8. The molecular formula is C32H45N9O5. The van der Waals surface area contributed by atoms with Gasteiger partial charge in [0.25, 0.3) is 0 Å². The molecule has 4 atom stereocenters. The average molecular weight is 636 g/mol. The number of aliphatic imine (C=N–C) groups is 1. The molecule has 0 aliphatic heterocycles. The van der Waals surface area contributed by atoms with Crippen LogP contribution in [0.3, 0.4) is 0 Å². The van der Waals surface area contributed by atoms with Crippen molar-refractivity contribution < 1.29 is 24.3 Å². The number of H-pyrrole nitrogens is 1. The lowest BCUT2D eigenvalue weighted by Gasteiger charge is -2.25. The van der Waals surface area contributed by atoms with Gasteiger partial charge >= 0.3 is 5.97 Å². The van der Waals surface area contributed by atoms with Gasteiger partial charge in [0.1, 0.15) is 18.1 Å². The molecule has 14 nitrogen and oxygen atoms in total. The summed E-state index contributed by atoms with van der Waals surface area (Å²) < 4.78 is 0. The minimum Gasteiger partial charge on any atom is -0.480 e. The summed E-state index contributed by atoms with van der Waals surface area (Å²) in [6, 6.07) is 12.2. The molecular weight excluding hydrogens is 590 g/mol. The van der Waals surface area contributed by atoms with E-state index in [1.165, 1.54) is 0 Å². The molecule has 0 spiro atoms. The molecule has 0 saturated heterocycles. The van der Waals surface area contributed by atoms with Crippen LogP contribution in [-0.2, 0) is 32.0 Å². The second kappa shape index (κ2) is 18.1. The summed E-state index contributed by atoms with van der Waals surface area (Å²) in [6.07, 6.45) is 4.05. The fourth-order valence-corrected chi connectivity index (χ4v) is 5.01. The molecule has 13 N–H and O–H groups in total. The summed E-state index contributed by atoms with van der Waals surface area (Å²) in [4.78, 5) is 59.6. The number of carbonyl (C=O) groups is 4. The van der Waals surface area contributed by atoms with Crippen LogP contribution in [0.2, 0.25) is 0 Å². The summed E-state index contributed by atoms with van der Waals surface area (Å²) in [5.41, 5.74) is 24.7. The molecule has 0 aliphatic rings. The molecule has 2 aromatic carbocycles. The monoisotopic (exact) mass is 635 g/mol. The van der Waals surface area contributed by atoms with Crippen molar-refractivity contribution in [2.45, 2.75) is 69.1 Å². The third-order valence-corrected chi connectivity index (χ3v) is 7.51. The molecule has 0 fully saturated rings. The molecule has 46 heavy (non-hydrogen) atoms. The number of aromatic nitrogens is 1. The number of aliphatic carboxylic acids is 1. The highest BCUT2D eigenvalue weighted by Crippen LogP contribution is 2.19. The number of unbranched alkanes of at least 4 members (excludes halogenated alkanes) is 1. The second-order valence-electron chi connectivity index (χ2n) is 11.1. The van der Waals surface area contributed by atoms with Crippen LogP contribution < -0.4 is 38.9 Å². The van der Waals surface area contributed by atoms with E-state index in [1.54, 1.807) is 6.20 Å². The topological polar surface area (TPSA) is 257 Å². The van der Waals surface area contributed by atoms with Crippen LogP contribution in [0, 0.1) is 0 Å². The van der Waals surface area contributed by atoms with E-state index in [0.717, 1.165) is 22.0 Å². The molecule has 14 heteroatoms. The van der Waals surface area contributed by atoms with Crippen LogP contribution in [0.15, 0.2) is 65.8 Å². The van der Waals surface area contributed by atoms with Gasteiger partial charge in [0, 0.05) is 36.5 Å². The lowest BCUT2D eigenvalue weighted by Crippen LogP contribution is -2.58. The van der Waals surface area contributed by atoms with E-state index in [4.69, 9.17) is 22.9 Å². The van der Waals surface area contributed by atoms with Crippen LogP contribution >= 0.6 is 0 Å². The Balaban J connectivity index is 1.85. The first-order valence-corrected chi connectivity index (χ1v) is 15.3. The zero-order chi connectivity index (χ0) is 33.5. The number of nitrogens with zero attached hydrogens (tertiary/aromatic N) is 1. The van der Waals surface area contributed by atoms with Crippen molar-refractivity contribution in [3.63, 3.8) is 0 Å². The van der Waals surface area contributed by atoms with Gasteiger partial charge in [0.15, 0.2) is 5.96 Å². The third kappa shape index (κ3) is 11.2. The lowest BCUT2D eigenvalue weighted by molar-refractivity contribution is -0.142.